The maximum absolute atomic E-state index is 14.8. The first-order valence-electron chi connectivity index (χ1n) is 9.44. The Morgan fingerprint density at radius 2 is 2.06 bits per heavy atom. The van der Waals surface area contributed by atoms with Gasteiger partial charge in [-0.2, -0.15) is 0 Å². The summed E-state index contributed by atoms with van der Waals surface area (Å²) in [5.41, 5.74) is 0.707. The maximum Gasteiger partial charge on any atom is 0.329 e. The number of halogens is 3. The van der Waals surface area contributed by atoms with Crippen molar-refractivity contribution in [1.82, 2.24) is 19.9 Å². The zero-order valence-corrected chi connectivity index (χ0v) is 18.3. The molecule has 1 aliphatic rings. The molecule has 8 nitrogen and oxygen atoms in total. The molecule has 0 bridgehead atoms. The fourth-order valence-corrected chi connectivity index (χ4v) is 3.55. The second kappa shape index (κ2) is 10.0. The van der Waals surface area contributed by atoms with E-state index in [1.807, 2.05) is 6.92 Å². The lowest BCUT2D eigenvalue weighted by molar-refractivity contribution is 0.102. The Kier molecular flexibility index (Phi) is 7.94. The van der Waals surface area contributed by atoms with Crippen LogP contribution in [0.25, 0.3) is 11.0 Å². The molecule has 166 valence electrons. The summed E-state index contributed by atoms with van der Waals surface area (Å²) in [6.07, 6.45) is 2.51. The van der Waals surface area contributed by atoms with Gasteiger partial charge in [-0.15, -0.1) is 24.8 Å². The summed E-state index contributed by atoms with van der Waals surface area (Å²) in [6, 6.07) is 4.68. The molecular formula is C20H22Cl2FN5O3. The number of hydrogen-bond acceptors (Lipinski definition) is 5. The molecule has 0 saturated carbocycles. The average molecular weight is 470 g/mol. The van der Waals surface area contributed by atoms with Gasteiger partial charge in [0, 0.05) is 19.3 Å². The molecule has 1 aliphatic heterocycles. The van der Waals surface area contributed by atoms with E-state index in [1.54, 1.807) is 6.07 Å². The van der Waals surface area contributed by atoms with Gasteiger partial charge in [0.25, 0.3) is 11.5 Å². The number of carbonyl (C=O) groups is 1. The molecule has 0 aliphatic carbocycles. The van der Waals surface area contributed by atoms with E-state index < -0.39 is 23.0 Å². The van der Waals surface area contributed by atoms with Gasteiger partial charge in [-0.3, -0.25) is 19.1 Å². The van der Waals surface area contributed by atoms with E-state index in [2.05, 4.69) is 20.6 Å². The van der Waals surface area contributed by atoms with E-state index >= 15 is 0 Å². The Morgan fingerprint density at radius 3 is 2.81 bits per heavy atom. The number of H-pyrrole nitrogens is 1. The molecule has 1 amide bonds. The largest absolute Gasteiger partial charge is 0.329 e. The van der Waals surface area contributed by atoms with Crippen molar-refractivity contribution in [2.24, 2.45) is 0 Å². The van der Waals surface area contributed by atoms with Crippen molar-refractivity contribution in [2.45, 2.75) is 32.9 Å². The summed E-state index contributed by atoms with van der Waals surface area (Å²) in [4.78, 5) is 43.3. The zero-order valence-electron chi connectivity index (χ0n) is 16.7. The van der Waals surface area contributed by atoms with Gasteiger partial charge in [0.15, 0.2) is 0 Å². The molecule has 3 aromatic rings. The van der Waals surface area contributed by atoms with Gasteiger partial charge in [0.2, 0.25) is 0 Å². The monoisotopic (exact) mass is 469 g/mol. The maximum atomic E-state index is 14.8. The van der Waals surface area contributed by atoms with Crippen molar-refractivity contribution < 1.29 is 9.18 Å². The van der Waals surface area contributed by atoms with Crippen LogP contribution >= 0.6 is 24.8 Å². The summed E-state index contributed by atoms with van der Waals surface area (Å²) in [5, 5.41) is 5.86. The van der Waals surface area contributed by atoms with Crippen molar-refractivity contribution in [3.8, 4) is 0 Å². The smallest absolute Gasteiger partial charge is 0.319 e. The first-order valence-corrected chi connectivity index (χ1v) is 9.44. The minimum atomic E-state index is -0.619. The van der Waals surface area contributed by atoms with E-state index in [9.17, 15) is 18.8 Å². The summed E-state index contributed by atoms with van der Waals surface area (Å²) in [6.45, 7) is 3.56. The standard InChI is InChI=1S/C20H20FN5O3.2ClH/c1-2-7-26-17-14(19(28)25-20(26)29)8-12(10-23-17)18(27)24-15-4-3-11-9-22-6-5-13(11)16(15)21;;/h3-4,8,10,22H,2,5-7,9H2,1H3,(H,24,27)(H,25,28,29);2*1H. The Hall–Kier alpha value is -2.75. The normalized spacial score (nSPS) is 12.5. The van der Waals surface area contributed by atoms with Crippen LogP contribution in [0.3, 0.4) is 0 Å². The molecule has 31 heavy (non-hydrogen) atoms. The van der Waals surface area contributed by atoms with Crippen LogP contribution in [0.1, 0.15) is 34.8 Å². The van der Waals surface area contributed by atoms with Crippen molar-refractivity contribution in [3.63, 3.8) is 0 Å². The Morgan fingerprint density at radius 1 is 1.29 bits per heavy atom. The molecule has 4 rings (SSSR count). The lowest BCUT2D eigenvalue weighted by atomic mass is 9.99. The lowest BCUT2D eigenvalue weighted by Gasteiger charge is -2.19. The number of pyridine rings is 1. The number of nitrogens with zero attached hydrogens (tertiary/aromatic N) is 2. The molecule has 3 heterocycles. The van der Waals surface area contributed by atoms with Gasteiger partial charge in [-0.1, -0.05) is 13.0 Å². The van der Waals surface area contributed by atoms with Crippen LogP contribution in [0.15, 0.2) is 34.0 Å². The third-order valence-electron chi connectivity index (χ3n) is 5.00. The SMILES string of the molecule is CCCn1c(=O)[nH]c(=O)c2cc(C(=O)Nc3ccc4c(c3F)CCNC4)cnc21.Cl.Cl. The van der Waals surface area contributed by atoms with E-state index in [0.29, 0.717) is 38.0 Å². The van der Waals surface area contributed by atoms with E-state index in [1.165, 1.54) is 22.9 Å². The average Bonchev–Trinajstić information content (AvgIpc) is 2.73. The molecule has 11 heteroatoms. The van der Waals surface area contributed by atoms with E-state index in [-0.39, 0.29) is 47.1 Å². The molecule has 3 N–H and O–H groups in total. The quantitative estimate of drug-likeness (QED) is 0.543. The molecule has 0 unspecified atom stereocenters. The first kappa shape index (κ1) is 24.5. The zero-order chi connectivity index (χ0) is 20.5. The van der Waals surface area contributed by atoms with E-state index in [4.69, 9.17) is 0 Å². The third kappa shape index (κ3) is 4.63. The van der Waals surface area contributed by atoms with Gasteiger partial charge < -0.3 is 10.6 Å². The number of amides is 1. The molecule has 1 aromatic carbocycles. The molecular weight excluding hydrogens is 448 g/mol. The molecule has 0 spiro atoms. The van der Waals surface area contributed by atoms with Gasteiger partial charge in [-0.05, 0) is 42.6 Å². The predicted octanol–water partition coefficient (Wildman–Crippen LogP) is 2.38. The number of benzene rings is 1. The molecule has 0 saturated heterocycles. The van der Waals surface area contributed by atoms with Crippen LogP contribution in [0.4, 0.5) is 10.1 Å². The van der Waals surface area contributed by atoms with Crippen LogP contribution in [-0.4, -0.2) is 27.0 Å². The highest BCUT2D eigenvalue weighted by Crippen LogP contribution is 2.25. The van der Waals surface area contributed by atoms with Crippen LogP contribution in [-0.2, 0) is 19.5 Å². The molecule has 2 aromatic heterocycles. The minimum absolute atomic E-state index is 0. The second-order valence-electron chi connectivity index (χ2n) is 6.95. The molecule has 0 atom stereocenters. The van der Waals surface area contributed by atoms with Gasteiger partial charge in [-0.25, -0.2) is 14.2 Å². The van der Waals surface area contributed by atoms with Crippen LogP contribution < -0.4 is 21.9 Å². The Bertz CT molecular complexity index is 1240. The van der Waals surface area contributed by atoms with Gasteiger partial charge in [0.1, 0.15) is 11.5 Å². The van der Waals surface area contributed by atoms with E-state index in [0.717, 1.165) is 5.56 Å². The Balaban J connectivity index is 0.00000171. The molecule has 0 fully saturated rings. The van der Waals surface area contributed by atoms with Crippen molar-refractivity contribution in [3.05, 3.63) is 67.7 Å². The van der Waals surface area contributed by atoms with Crippen molar-refractivity contribution in [2.75, 3.05) is 11.9 Å². The highest BCUT2D eigenvalue weighted by atomic mass is 35.5. The number of anilines is 1. The highest BCUT2D eigenvalue weighted by Gasteiger charge is 2.19. The summed E-state index contributed by atoms with van der Waals surface area (Å²) in [7, 11) is 0. The van der Waals surface area contributed by atoms with Crippen molar-refractivity contribution in [1.29, 1.82) is 0 Å². The predicted molar refractivity (Wildman–Crippen MR) is 121 cm³/mol. The third-order valence-corrected chi connectivity index (χ3v) is 5.00. The van der Waals surface area contributed by atoms with Crippen molar-refractivity contribution >= 4 is 47.4 Å². The van der Waals surface area contributed by atoms with Crippen LogP contribution in [0.5, 0.6) is 0 Å². The van der Waals surface area contributed by atoms with Gasteiger partial charge >= 0.3 is 5.69 Å². The number of nitrogens with one attached hydrogen (secondary N) is 3. The second-order valence-corrected chi connectivity index (χ2v) is 6.95. The topological polar surface area (TPSA) is 109 Å². The number of fused-ring (bicyclic) bond motifs is 2. The number of carbonyl (C=O) groups excluding carboxylic acids is 1. The van der Waals surface area contributed by atoms with Gasteiger partial charge in [0.05, 0.1) is 16.6 Å². The fourth-order valence-electron chi connectivity index (χ4n) is 3.55. The highest BCUT2D eigenvalue weighted by molar-refractivity contribution is 6.05. The van der Waals surface area contributed by atoms with Crippen LogP contribution in [0, 0.1) is 5.82 Å². The number of rotatable bonds is 4. The minimum Gasteiger partial charge on any atom is -0.319 e. The fraction of sp³-hybridized carbons (Fsp3) is 0.300. The number of hydrogen-bond donors (Lipinski definition) is 3. The van der Waals surface area contributed by atoms with Crippen LogP contribution in [0.2, 0.25) is 0 Å². The number of aromatic amines is 1. The molecule has 0 radical (unpaired) electrons. The number of aromatic nitrogens is 3. The Labute approximate surface area is 189 Å². The first-order chi connectivity index (χ1) is 14.0. The summed E-state index contributed by atoms with van der Waals surface area (Å²) < 4.78 is 16.1. The lowest BCUT2D eigenvalue weighted by Crippen LogP contribution is -2.31. The summed E-state index contributed by atoms with van der Waals surface area (Å²) in [5.74, 6) is -1.03. The summed E-state index contributed by atoms with van der Waals surface area (Å²) >= 11 is 0. The number of aryl methyl sites for hydroxylation is 1.